The highest BCUT2D eigenvalue weighted by atomic mass is 79.9. The number of carbonyl (C=O) groups excluding carboxylic acids is 2. The first-order valence-corrected chi connectivity index (χ1v) is 15.8. The van der Waals surface area contributed by atoms with Gasteiger partial charge in [0.15, 0.2) is 0 Å². The van der Waals surface area contributed by atoms with E-state index in [1.807, 2.05) is 26.0 Å². The molecule has 2 amide bonds. The van der Waals surface area contributed by atoms with Crippen molar-refractivity contribution in [3.05, 3.63) is 92.4 Å². The minimum Gasteiger partial charge on any atom is -0.497 e. The predicted octanol–water partition coefficient (Wildman–Crippen LogP) is 5.20. The number of carbonyl (C=O) groups is 2. The smallest absolute Gasteiger partial charge is 0.273 e. The molecule has 0 saturated carbocycles. The molecule has 0 radical (unpaired) electrons. The molecule has 0 aliphatic carbocycles. The zero-order chi connectivity index (χ0) is 31.9. The molecule has 0 fully saturated rings. The van der Waals surface area contributed by atoms with E-state index >= 15 is 0 Å². The lowest BCUT2D eigenvalue weighted by Crippen LogP contribution is -2.52. The summed E-state index contributed by atoms with van der Waals surface area (Å²) < 4.78 is 34.9. The number of methoxy groups -OCH3 is 1. The molecule has 11 nitrogen and oxygen atoms in total. The van der Waals surface area contributed by atoms with E-state index in [4.69, 9.17) is 4.74 Å². The van der Waals surface area contributed by atoms with Gasteiger partial charge in [0.25, 0.3) is 15.7 Å². The van der Waals surface area contributed by atoms with E-state index in [2.05, 4.69) is 21.2 Å². The molecule has 3 aromatic rings. The SMILES string of the molecule is CCC(C)NC(=O)C(C)N(Cc1cccc(Br)c1)C(=O)CN(c1ccc(OC)cc1)S(=O)(=O)c1ccc(C)c([N+](=O)[O-])c1. The van der Waals surface area contributed by atoms with Crippen LogP contribution in [0.2, 0.25) is 0 Å². The summed E-state index contributed by atoms with van der Waals surface area (Å²) in [6.45, 7) is 6.22. The van der Waals surface area contributed by atoms with E-state index in [0.29, 0.717) is 12.2 Å². The predicted molar refractivity (Wildman–Crippen MR) is 167 cm³/mol. The van der Waals surface area contributed by atoms with Gasteiger partial charge in [-0.05, 0) is 75.2 Å². The summed E-state index contributed by atoms with van der Waals surface area (Å²) in [6.07, 6.45) is 0.685. The molecule has 3 aromatic carbocycles. The van der Waals surface area contributed by atoms with Crippen LogP contribution in [0.5, 0.6) is 5.75 Å². The maximum Gasteiger partial charge on any atom is 0.273 e. The van der Waals surface area contributed by atoms with Gasteiger partial charge in [0.2, 0.25) is 11.8 Å². The van der Waals surface area contributed by atoms with Crippen molar-refractivity contribution in [3.63, 3.8) is 0 Å². The van der Waals surface area contributed by atoms with Crippen molar-refractivity contribution in [1.82, 2.24) is 10.2 Å². The molecular weight excluding hydrogens is 640 g/mol. The quantitative estimate of drug-likeness (QED) is 0.194. The van der Waals surface area contributed by atoms with Crippen molar-refractivity contribution < 1.29 is 27.7 Å². The highest BCUT2D eigenvalue weighted by Crippen LogP contribution is 2.29. The van der Waals surface area contributed by atoms with Gasteiger partial charge in [-0.3, -0.25) is 24.0 Å². The minimum absolute atomic E-state index is 0.0276. The second kappa shape index (κ2) is 14.5. The Labute approximate surface area is 260 Å². The van der Waals surface area contributed by atoms with E-state index in [1.165, 1.54) is 43.2 Å². The number of halogens is 1. The third-order valence-electron chi connectivity index (χ3n) is 7.01. The molecule has 0 bridgehead atoms. The van der Waals surface area contributed by atoms with Crippen LogP contribution < -0.4 is 14.4 Å². The Bertz CT molecular complexity index is 1580. The number of sulfonamides is 1. The highest BCUT2D eigenvalue weighted by Gasteiger charge is 2.33. The van der Waals surface area contributed by atoms with E-state index in [-0.39, 0.29) is 40.3 Å². The molecule has 0 aliphatic heterocycles. The topological polar surface area (TPSA) is 139 Å². The van der Waals surface area contributed by atoms with Gasteiger partial charge in [0, 0.05) is 28.7 Å². The van der Waals surface area contributed by atoms with Crippen LogP contribution in [-0.2, 0) is 26.2 Å². The number of anilines is 1. The number of benzene rings is 3. The Morgan fingerprint density at radius 2 is 1.74 bits per heavy atom. The molecule has 13 heteroatoms. The van der Waals surface area contributed by atoms with Crippen molar-refractivity contribution in [1.29, 1.82) is 0 Å². The molecule has 230 valence electrons. The lowest BCUT2D eigenvalue weighted by Gasteiger charge is -2.32. The number of nitrogens with one attached hydrogen (secondary N) is 1. The monoisotopic (exact) mass is 674 g/mol. The van der Waals surface area contributed by atoms with Gasteiger partial charge in [-0.1, -0.05) is 41.1 Å². The average Bonchev–Trinajstić information content (AvgIpc) is 2.98. The fraction of sp³-hybridized carbons (Fsp3) is 0.333. The van der Waals surface area contributed by atoms with Crippen LogP contribution in [0.1, 0.15) is 38.3 Å². The first-order valence-electron chi connectivity index (χ1n) is 13.5. The largest absolute Gasteiger partial charge is 0.497 e. The maximum atomic E-state index is 14.0. The standard InChI is InChI=1S/C30H35BrN4O7S/c1-6-21(3)32-30(37)22(4)33(18-23-8-7-9-24(31)16-23)29(36)19-34(25-11-13-26(42-5)14-12-25)43(40,41)27-15-10-20(2)28(17-27)35(38)39/h7-17,21-22H,6,18-19H2,1-5H3,(H,32,37). The molecule has 0 spiro atoms. The molecule has 43 heavy (non-hydrogen) atoms. The minimum atomic E-state index is -4.49. The fourth-order valence-electron chi connectivity index (χ4n) is 4.23. The van der Waals surface area contributed by atoms with Gasteiger partial charge in [-0.2, -0.15) is 0 Å². The lowest BCUT2D eigenvalue weighted by molar-refractivity contribution is -0.385. The molecule has 1 N–H and O–H groups in total. The van der Waals surface area contributed by atoms with Gasteiger partial charge >= 0.3 is 0 Å². The normalized spacial score (nSPS) is 12.6. The molecule has 0 saturated heterocycles. The van der Waals surface area contributed by atoms with Crippen LogP contribution in [0.4, 0.5) is 11.4 Å². The number of hydrogen-bond acceptors (Lipinski definition) is 7. The number of hydrogen-bond donors (Lipinski definition) is 1. The van der Waals surface area contributed by atoms with Crippen molar-refractivity contribution in [2.75, 3.05) is 18.0 Å². The number of rotatable bonds is 13. The Balaban J connectivity index is 2.09. The van der Waals surface area contributed by atoms with Gasteiger partial charge in [-0.15, -0.1) is 0 Å². The number of nitro groups is 1. The Hall–Kier alpha value is -3.97. The van der Waals surface area contributed by atoms with Crippen molar-refractivity contribution in [3.8, 4) is 5.75 Å². The summed E-state index contributed by atoms with van der Waals surface area (Å²) in [5, 5.41) is 14.5. The van der Waals surface area contributed by atoms with E-state index in [9.17, 15) is 28.1 Å². The van der Waals surface area contributed by atoms with Crippen LogP contribution in [0, 0.1) is 17.0 Å². The second-order valence-electron chi connectivity index (χ2n) is 10.1. The van der Waals surface area contributed by atoms with Crippen LogP contribution >= 0.6 is 15.9 Å². The molecule has 0 aliphatic rings. The Kier molecular flexibility index (Phi) is 11.3. The number of nitrogens with zero attached hydrogens (tertiary/aromatic N) is 3. The zero-order valence-corrected chi connectivity index (χ0v) is 27.0. The van der Waals surface area contributed by atoms with E-state index < -0.39 is 33.4 Å². The molecule has 3 rings (SSSR count). The second-order valence-corrected chi connectivity index (χ2v) is 12.8. The first-order chi connectivity index (χ1) is 20.3. The molecule has 2 atom stereocenters. The Morgan fingerprint density at radius 1 is 1.07 bits per heavy atom. The average molecular weight is 676 g/mol. The summed E-state index contributed by atoms with van der Waals surface area (Å²) in [6, 6.07) is 15.8. The van der Waals surface area contributed by atoms with Gasteiger partial charge in [0.05, 0.1) is 22.6 Å². The van der Waals surface area contributed by atoms with Gasteiger partial charge in [-0.25, -0.2) is 8.42 Å². The van der Waals surface area contributed by atoms with Gasteiger partial charge < -0.3 is 15.0 Å². The van der Waals surface area contributed by atoms with E-state index in [1.54, 1.807) is 31.2 Å². The summed E-state index contributed by atoms with van der Waals surface area (Å²) >= 11 is 3.42. The molecular formula is C30H35BrN4O7S. The van der Waals surface area contributed by atoms with Gasteiger partial charge in [0.1, 0.15) is 18.3 Å². The van der Waals surface area contributed by atoms with Crippen LogP contribution in [0.25, 0.3) is 0 Å². The highest BCUT2D eigenvalue weighted by molar-refractivity contribution is 9.10. The number of aryl methyl sites for hydroxylation is 1. The molecule has 2 unspecified atom stereocenters. The van der Waals surface area contributed by atoms with Crippen molar-refractivity contribution in [2.24, 2.45) is 0 Å². The third-order valence-corrected chi connectivity index (χ3v) is 9.28. The lowest BCUT2D eigenvalue weighted by atomic mass is 10.1. The summed E-state index contributed by atoms with van der Waals surface area (Å²) in [5.74, 6) is -0.566. The molecule has 0 aromatic heterocycles. The summed E-state index contributed by atoms with van der Waals surface area (Å²) in [4.78, 5) is 39.1. The molecule has 0 heterocycles. The third kappa shape index (κ3) is 8.32. The maximum absolute atomic E-state index is 14.0. The van der Waals surface area contributed by atoms with Crippen LogP contribution in [0.3, 0.4) is 0 Å². The number of nitro benzene ring substituents is 1. The zero-order valence-electron chi connectivity index (χ0n) is 24.6. The Morgan fingerprint density at radius 3 is 2.33 bits per heavy atom. The summed E-state index contributed by atoms with van der Waals surface area (Å²) in [5.41, 5.74) is 0.779. The van der Waals surface area contributed by atoms with Crippen LogP contribution in [0.15, 0.2) is 76.1 Å². The van der Waals surface area contributed by atoms with E-state index in [0.717, 1.165) is 20.4 Å². The number of ether oxygens (including phenoxy) is 1. The fourth-order valence-corrected chi connectivity index (χ4v) is 6.11. The van der Waals surface area contributed by atoms with Crippen molar-refractivity contribution in [2.45, 2.75) is 57.6 Å². The van der Waals surface area contributed by atoms with Crippen molar-refractivity contribution >= 4 is 49.1 Å². The first kappa shape index (κ1) is 33.5. The van der Waals surface area contributed by atoms with Crippen LogP contribution in [-0.4, -0.2) is 55.8 Å². The summed E-state index contributed by atoms with van der Waals surface area (Å²) in [7, 11) is -3.03. The number of amides is 2.